The van der Waals surface area contributed by atoms with Gasteiger partial charge >= 0.3 is 0 Å². The number of fused-ring (bicyclic) bond motifs is 1. The predicted molar refractivity (Wildman–Crippen MR) is 59.3 cm³/mol. The first kappa shape index (κ1) is 10.5. The van der Waals surface area contributed by atoms with Crippen LogP contribution in [0, 0.1) is 17.3 Å². The lowest BCUT2D eigenvalue weighted by Crippen LogP contribution is -2.40. The Balaban J connectivity index is 2.05. The highest BCUT2D eigenvalue weighted by Gasteiger charge is 2.46. The van der Waals surface area contributed by atoms with Crippen molar-refractivity contribution < 1.29 is 4.74 Å². The molecule has 1 heteroatoms. The van der Waals surface area contributed by atoms with Gasteiger partial charge in [-0.25, -0.2) is 0 Å². The van der Waals surface area contributed by atoms with Crippen molar-refractivity contribution in [1.82, 2.24) is 0 Å². The molecule has 1 aliphatic heterocycles. The summed E-state index contributed by atoms with van der Waals surface area (Å²) in [6, 6.07) is 0. The normalized spacial score (nSPS) is 43.7. The number of hydrogen-bond donors (Lipinski definition) is 0. The monoisotopic (exact) mass is 196 g/mol. The minimum atomic E-state index is 0.238. The molecule has 2 aliphatic rings. The molecule has 3 atom stereocenters. The van der Waals surface area contributed by atoms with E-state index in [9.17, 15) is 0 Å². The molecule has 1 heterocycles. The first-order valence-corrected chi connectivity index (χ1v) is 6.06. The molecule has 14 heavy (non-hydrogen) atoms. The Labute approximate surface area is 88.2 Å². The minimum absolute atomic E-state index is 0.238. The third-order valence-corrected chi connectivity index (χ3v) is 4.54. The van der Waals surface area contributed by atoms with Crippen LogP contribution in [0.15, 0.2) is 0 Å². The van der Waals surface area contributed by atoms with Crippen molar-refractivity contribution in [2.75, 3.05) is 6.61 Å². The van der Waals surface area contributed by atoms with Crippen LogP contribution in [-0.4, -0.2) is 12.2 Å². The molecule has 1 saturated carbocycles. The molecule has 0 N–H and O–H groups in total. The lowest BCUT2D eigenvalue weighted by molar-refractivity contribution is -0.0523. The van der Waals surface area contributed by atoms with Gasteiger partial charge < -0.3 is 4.74 Å². The van der Waals surface area contributed by atoms with Crippen LogP contribution in [0.25, 0.3) is 0 Å². The van der Waals surface area contributed by atoms with E-state index in [1.807, 2.05) is 0 Å². The minimum Gasteiger partial charge on any atom is -0.375 e. The van der Waals surface area contributed by atoms with E-state index < -0.39 is 0 Å². The van der Waals surface area contributed by atoms with Crippen LogP contribution >= 0.6 is 0 Å². The van der Waals surface area contributed by atoms with Gasteiger partial charge in [0.2, 0.25) is 0 Å². The van der Waals surface area contributed by atoms with Gasteiger partial charge in [-0.3, -0.25) is 0 Å². The van der Waals surface area contributed by atoms with Crippen molar-refractivity contribution >= 4 is 0 Å². The van der Waals surface area contributed by atoms with Crippen molar-refractivity contribution in [3.05, 3.63) is 0 Å². The zero-order valence-corrected chi connectivity index (χ0v) is 10.1. The quantitative estimate of drug-likeness (QED) is 0.575. The Hall–Kier alpha value is -0.0400. The molecule has 82 valence electrons. The number of rotatable bonds is 0. The third-order valence-electron chi connectivity index (χ3n) is 4.54. The molecule has 1 saturated heterocycles. The topological polar surface area (TPSA) is 9.23 Å². The van der Waals surface area contributed by atoms with Crippen molar-refractivity contribution in [3.63, 3.8) is 0 Å². The van der Waals surface area contributed by atoms with Crippen LogP contribution in [0.2, 0.25) is 0 Å². The highest BCUT2D eigenvalue weighted by molar-refractivity contribution is 4.96. The van der Waals surface area contributed by atoms with E-state index in [1.165, 1.54) is 25.7 Å². The SMILES string of the molecule is CC(C)(C)[C@@H]1CC[C@@]2(C)OCC[C@@H]2C1. The van der Waals surface area contributed by atoms with E-state index in [1.54, 1.807) is 0 Å². The van der Waals surface area contributed by atoms with Gasteiger partial charge in [0, 0.05) is 6.61 Å². The Bertz CT molecular complexity index is 216. The maximum absolute atomic E-state index is 5.91. The second kappa shape index (κ2) is 3.23. The van der Waals surface area contributed by atoms with E-state index in [0.717, 1.165) is 18.4 Å². The van der Waals surface area contributed by atoms with Crippen LogP contribution < -0.4 is 0 Å². The summed E-state index contributed by atoms with van der Waals surface area (Å²) in [5.74, 6) is 1.74. The Morgan fingerprint density at radius 1 is 1.21 bits per heavy atom. The van der Waals surface area contributed by atoms with Gasteiger partial charge in [0.1, 0.15) is 0 Å². The Kier molecular flexibility index (Phi) is 2.42. The van der Waals surface area contributed by atoms with Gasteiger partial charge in [0.15, 0.2) is 0 Å². The van der Waals surface area contributed by atoms with E-state index >= 15 is 0 Å². The largest absolute Gasteiger partial charge is 0.375 e. The van der Waals surface area contributed by atoms with Gasteiger partial charge in [0.25, 0.3) is 0 Å². The van der Waals surface area contributed by atoms with Gasteiger partial charge in [-0.1, -0.05) is 20.8 Å². The molecule has 0 aromatic carbocycles. The highest BCUT2D eigenvalue weighted by atomic mass is 16.5. The van der Waals surface area contributed by atoms with Gasteiger partial charge in [-0.15, -0.1) is 0 Å². The summed E-state index contributed by atoms with van der Waals surface area (Å²) >= 11 is 0. The molecular formula is C13H24O. The zero-order chi connectivity index (χ0) is 10.4. The van der Waals surface area contributed by atoms with Crippen molar-refractivity contribution in [1.29, 1.82) is 0 Å². The summed E-state index contributed by atoms with van der Waals surface area (Å²) in [6.45, 7) is 10.5. The molecule has 0 spiro atoms. The highest BCUT2D eigenvalue weighted by Crippen LogP contribution is 2.49. The average Bonchev–Trinajstić information content (AvgIpc) is 2.42. The summed E-state index contributed by atoms with van der Waals surface area (Å²) in [7, 11) is 0. The maximum atomic E-state index is 5.91. The summed E-state index contributed by atoms with van der Waals surface area (Å²) in [6.07, 6.45) is 5.32. The Morgan fingerprint density at radius 2 is 1.93 bits per heavy atom. The maximum Gasteiger partial charge on any atom is 0.0683 e. The second-order valence-electron chi connectivity index (χ2n) is 6.48. The van der Waals surface area contributed by atoms with Crippen LogP contribution in [0.5, 0.6) is 0 Å². The summed E-state index contributed by atoms with van der Waals surface area (Å²) in [5, 5.41) is 0. The first-order chi connectivity index (χ1) is 6.42. The smallest absolute Gasteiger partial charge is 0.0683 e. The molecular weight excluding hydrogens is 172 g/mol. The standard InChI is InChI=1S/C13H24O/c1-12(2,3)10-5-7-13(4)11(9-10)6-8-14-13/h10-11H,5-9H2,1-4H3/t10-,11-,13-/m1/s1. The lowest BCUT2D eigenvalue weighted by atomic mass is 9.64. The van der Waals surface area contributed by atoms with Gasteiger partial charge in [-0.05, 0) is 49.9 Å². The van der Waals surface area contributed by atoms with E-state index in [4.69, 9.17) is 4.74 Å². The molecule has 0 unspecified atom stereocenters. The second-order valence-corrected chi connectivity index (χ2v) is 6.48. The summed E-state index contributed by atoms with van der Waals surface area (Å²) in [4.78, 5) is 0. The molecule has 0 amide bonds. The zero-order valence-electron chi connectivity index (χ0n) is 10.1. The number of ether oxygens (including phenoxy) is 1. The summed E-state index contributed by atoms with van der Waals surface area (Å²) < 4.78 is 5.91. The van der Waals surface area contributed by atoms with Crippen LogP contribution in [0.4, 0.5) is 0 Å². The van der Waals surface area contributed by atoms with Gasteiger partial charge in [0.05, 0.1) is 5.60 Å². The average molecular weight is 196 g/mol. The van der Waals surface area contributed by atoms with E-state index in [0.29, 0.717) is 5.41 Å². The van der Waals surface area contributed by atoms with Crippen molar-refractivity contribution in [3.8, 4) is 0 Å². The van der Waals surface area contributed by atoms with Crippen molar-refractivity contribution in [2.45, 2.75) is 59.0 Å². The molecule has 0 bridgehead atoms. The fourth-order valence-corrected chi connectivity index (χ4v) is 3.21. The van der Waals surface area contributed by atoms with Gasteiger partial charge in [-0.2, -0.15) is 0 Å². The molecule has 0 aromatic rings. The lowest BCUT2D eigenvalue weighted by Gasteiger charge is -2.43. The molecule has 2 fully saturated rings. The van der Waals surface area contributed by atoms with Crippen LogP contribution in [0.1, 0.15) is 53.4 Å². The fraction of sp³-hybridized carbons (Fsp3) is 1.00. The molecule has 0 aromatic heterocycles. The number of hydrogen-bond acceptors (Lipinski definition) is 1. The van der Waals surface area contributed by atoms with Crippen LogP contribution in [0.3, 0.4) is 0 Å². The molecule has 2 rings (SSSR count). The first-order valence-electron chi connectivity index (χ1n) is 6.06. The molecule has 1 aliphatic carbocycles. The van der Waals surface area contributed by atoms with Crippen molar-refractivity contribution in [2.24, 2.45) is 17.3 Å². The van der Waals surface area contributed by atoms with Crippen LogP contribution in [-0.2, 0) is 4.74 Å². The van der Waals surface area contributed by atoms with E-state index in [2.05, 4.69) is 27.7 Å². The molecule has 0 radical (unpaired) electrons. The van der Waals surface area contributed by atoms with E-state index in [-0.39, 0.29) is 5.60 Å². The third kappa shape index (κ3) is 1.71. The summed E-state index contributed by atoms with van der Waals surface area (Å²) in [5.41, 5.74) is 0.728. The molecule has 1 nitrogen and oxygen atoms in total. The Morgan fingerprint density at radius 3 is 2.57 bits per heavy atom. The fourth-order valence-electron chi connectivity index (χ4n) is 3.21. The predicted octanol–water partition coefficient (Wildman–Crippen LogP) is 3.63.